The molecule has 1 fully saturated rings. The molecule has 3 aliphatic heterocycles. The Bertz CT molecular complexity index is 1260. The van der Waals surface area contributed by atoms with Gasteiger partial charge in [0.15, 0.2) is 0 Å². The zero-order valence-electron chi connectivity index (χ0n) is 19.2. The predicted octanol–water partition coefficient (Wildman–Crippen LogP) is 5.00. The molecule has 0 radical (unpaired) electrons. The summed E-state index contributed by atoms with van der Waals surface area (Å²) < 4.78 is 0. The summed E-state index contributed by atoms with van der Waals surface area (Å²) in [4.78, 5) is 19.1. The zero-order valence-corrected chi connectivity index (χ0v) is 19.9. The Hall–Kier alpha value is -3.15. The molecule has 0 N–H and O–H groups in total. The van der Waals surface area contributed by atoms with Gasteiger partial charge in [-0.25, -0.2) is 0 Å². The minimum absolute atomic E-state index is 0.0131. The average Bonchev–Trinajstić information content (AvgIpc) is 3.11. The second-order valence-corrected chi connectivity index (χ2v) is 9.93. The fraction of sp³-hybridized carbons (Fsp3) is 0.286. The van der Waals surface area contributed by atoms with Crippen molar-refractivity contribution in [1.29, 1.82) is 0 Å². The van der Waals surface area contributed by atoms with E-state index >= 15 is 0 Å². The number of hydrogen-bond donors (Lipinski definition) is 0. The number of hydrazone groups is 1. The SMILES string of the molecule is CC1=NN(c2ccccc2)C(=O)C12Cc1ccc(Cl)cc1N1CCN(Cc3ccccc3)CC12. The van der Waals surface area contributed by atoms with Crippen molar-refractivity contribution in [2.75, 3.05) is 29.5 Å². The van der Waals surface area contributed by atoms with Crippen LogP contribution in [0.2, 0.25) is 5.02 Å². The van der Waals surface area contributed by atoms with Gasteiger partial charge in [-0.1, -0.05) is 66.2 Å². The molecule has 0 aliphatic carbocycles. The summed E-state index contributed by atoms with van der Waals surface area (Å²) in [7, 11) is 0. The fourth-order valence-electron chi connectivity index (χ4n) is 5.87. The third-order valence-electron chi connectivity index (χ3n) is 7.58. The molecule has 6 rings (SSSR count). The van der Waals surface area contributed by atoms with Crippen LogP contribution in [0.3, 0.4) is 0 Å². The number of rotatable bonds is 3. The number of hydrogen-bond acceptors (Lipinski definition) is 4. The van der Waals surface area contributed by atoms with Gasteiger partial charge in [-0.05, 0) is 48.7 Å². The first-order valence-electron chi connectivity index (χ1n) is 11.8. The van der Waals surface area contributed by atoms with E-state index in [2.05, 4.69) is 46.2 Å². The Balaban J connectivity index is 1.41. The van der Waals surface area contributed by atoms with Crippen molar-refractivity contribution >= 4 is 34.6 Å². The second-order valence-electron chi connectivity index (χ2n) is 9.49. The number of amides is 1. The lowest BCUT2D eigenvalue weighted by molar-refractivity contribution is -0.125. The molecule has 34 heavy (non-hydrogen) atoms. The maximum absolute atomic E-state index is 14.2. The summed E-state index contributed by atoms with van der Waals surface area (Å²) in [6.07, 6.45) is 0.636. The van der Waals surface area contributed by atoms with E-state index in [0.29, 0.717) is 6.42 Å². The summed E-state index contributed by atoms with van der Waals surface area (Å²) in [6, 6.07) is 26.4. The van der Waals surface area contributed by atoms with Gasteiger partial charge in [-0.2, -0.15) is 10.1 Å². The second kappa shape index (κ2) is 8.26. The minimum atomic E-state index is -0.702. The summed E-state index contributed by atoms with van der Waals surface area (Å²) in [5.74, 6) is 0.0633. The van der Waals surface area contributed by atoms with Crippen LogP contribution in [0.4, 0.5) is 11.4 Å². The van der Waals surface area contributed by atoms with E-state index in [-0.39, 0.29) is 11.9 Å². The number of anilines is 2. The van der Waals surface area contributed by atoms with Crippen LogP contribution < -0.4 is 9.91 Å². The molecule has 3 heterocycles. The maximum Gasteiger partial charge on any atom is 0.261 e. The number of fused-ring (bicyclic) bond motifs is 4. The Morgan fingerprint density at radius 3 is 2.50 bits per heavy atom. The first-order valence-corrected chi connectivity index (χ1v) is 12.2. The molecule has 2 unspecified atom stereocenters. The summed E-state index contributed by atoms with van der Waals surface area (Å²) in [5.41, 5.74) is 4.61. The molecule has 0 bridgehead atoms. The van der Waals surface area contributed by atoms with E-state index < -0.39 is 5.41 Å². The predicted molar refractivity (Wildman–Crippen MR) is 137 cm³/mol. The standard InChI is InChI=1S/C28H27ClN4O/c1-20-28(27(34)33(30-20)24-10-6-3-7-11-24)17-22-12-13-23(29)16-25(22)32-15-14-31(19-26(28)32)18-21-8-4-2-5-9-21/h2-13,16,26H,14-15,17-19H2,1H3. The van der Waals surface area contributed by atoms with Gasteiger partial charge in [0.1, 0.15) is 5.41 Å². The lowest BCUT2D eigenvalue weighted by Gasteiger charge is -2.53. The van der Waals surface area contributed by atoms with Crippen molar-refractivity contribution in [3.63, 3.8) is 0 Å². The lowest BCUT2D eigenvalue weighted by atomic mass is 9.67. The average molecular weight is 471 g/mol. The van der Waals surface area contributed by atoms with Gasteiger partial charge in [0.25, 0.3) is 5.91 Å². The van der Waals surface area contributed by atoms with Crippen LogP contribution >= 0.6 is 11.6 Å². The molecule has 1 saturated heterocycles. The largest absolute Gasteiger partial charge is 0.364 e. The Morgan fingerprint density at radius 2 is 1.74 bits per heavy atom. The topological polar surface area (TPSA) is 39.2 Å². The van der Waals surface area contributed by atoms with Crippen LogP contribution in [-0.2, 0) is 17.8 Å². The van der Waals surface area contributed by atoms with Crippen molar-refractivity contribution in [3.8, 4) is 0 Å². The van der Waals surface area contributed by atoms with Crippen LogP contribution in [0.25, 0.3) is 0 Å². The van der Waals surface area contributed by atoms with Gasteiger partial charge in [-0.3, -0.25) is 9.69 Å². The monoisotopic (exact) mass is 470 g/mol. The van der Waals surface area contributed by atoms with Gasteiger partial charge in [-0.15, -0.1) is 0 Å². The van der Waals surface area contributed by atoms with Gasteiger partial charge in [0.2, 0.25) is 0 Å². The van der Waals surface area contributed by atoms with Gasteiger partial charge >= 0.3 is 0 Å². The van der Waals surface area contributed by atoms with Crippen molar-refractivity contribution in [2.45, 2.75) is 25.9 Å². The van der Waals surface area contributed by atoms with Crippen molar-refractivity contribution in [1.82, 2.24) is 4.90 Å². The number of halogens is 1. The van der Waals surface area contributed by atoms with Gasteiger partial charge in [0.05, 0.1) is 17.4 Å². The Kier molecular flexibility index (Phi) is 5.19. The van der Waals surface area contributed by atoms with E-state index in [4.69, 9.17) is 16.7 Å². The van der Waals surface area contributed by atoms with Crippen molar-refractivity contribution in [2.24, 2.45) is 10.5 Å². The molecule has 1 amide bonds. The minimum Gasteiger partial charge on any atom is -0.364 e. The normalized spacial score (nSPS) is 24.2. The highest BCUT2D eigenvalue weighted by Crippen LogP contribution is 2.48. The summed E-state index contributed by atoms with van der Waals surface area (Å²) in [5, 5.41) is 7.18. The van der Waals surface area contributed by atoms with Crippen LogP contribution in [0, 0.1) is 5.41 Å². The molecular weight excluding hydrogens is 444 g/mol. The number of benzene rings is 3. The molecule has 6 heteroatoms. The molecule has 172 valence electrons. The first-order chi connectivity index (χ1) is 16.6. The van der Waals surface area contributed by atoms with Gasteiger partial charge < -0.3 is 4.90 Å². The van der Waals surface area contributed by atoms with Gasteiger partial charge in [0, 0.05) is 36.9 Å². The van der Waals surface area contributed by atoms with E-state index in [1.54, 1.807) is 5.01 Å². The van der Waals surface area contributed by atoms with E-state index in [9.17, 15) is 4.79 Å². The van der Waals surface area contributed by atoms with E-state index in [1.165, 1.54) is 5.56 Å². The number of piperazine rings is 1. The van der Waals surface area contributed by atoms with Crippen molar-refractivity contribution in [3.05, 3.63) is 95.0 Å². The highest BCUT2D eigenvalue weighted by Gasteiger charge is 2.59. The fourth-order valence-corrected chi connectivity index (χ4v) is 6.03. The van der Waals surface area contributed by atoms with Crippen LogP contribution in [0.5, 0.6) is 0 Å². The lowest BCUT2D eigenvalue weighted by Crippen LogP contribution is -2.66. The first kappa shape index (κ1) is 21.4. The zero-order chi connectivity index (χ0) is 23.3. The van der Waals surface area contributed by atoms with Crippen LogP contribution in [0.15, 0.2) is 84.0 Å². The molecule has 5 nitrogen and oxygen atoms in total. The molecule has 3 aromatic carbocycles. The third kappa shape index (κ3) is 3.34. The highest BCUT2D eigenvalue weighted by molar-refractivity contribution is 6.31. The van der Waals surface area contributed by atoms with E-state index in [1.807, 2.05) is 49.4 Å². The van der Waals surface area contributed by atoms with Crippen LogP contribution in [-0.4, -0.2) is 42.2 Å². The number of carbonyl (C=O) groups is 1. The summed E-state index contributed by atoms with van der Waals surface area (Å²) in [6.45, 7) is 5.47. The number of carbonyl (C=O) groups excluding carboxylic acids is 1. The molecule has 3 aromatic rings. The molecule has 1 spiro atoms. The smallest absolute Gasteiger partial charge is 0.261 e. The quantitative estimate of drug-likeness (QED) is 0.541. The van der Waals surface area contributed by atoms with Crippen molar-refractivity contribution < 1.29 is 4.79 Å². The Morgan fingerprint density at radius 1 is 1.00 bits per heavy atom. The van der Waals surface area contributed by atoms with E-state index in [0.717, 1.165) is 53.9 Å². The maximum atomic E-state index is 14.2. The number of nitrogens with zero attached hydrogens (tertiary/aromatic N) is 4. The highest BCUT2D eigenvalue weighted by atomic mass is 35.5. The molecule has 0 aromatic heterocycles. The molecule has 0 saturated carbocycles. The van der Waals surface area contributed by atoms with Crippen LogP contribution in [0.1, 0.15) is 18.1 Å². The number of para-hydroxylation sites is 1. The molecule has 3 aliphatic rings. The summed E-state index contributed by atoms with van der Waals surface area (Å²) >= 11 is 6.42. The molecular formula is C28H27ClN4O. The molecule has 2 atom stereocenters. The third-order valence-corrected chi connectivity index (χ3v) is 7.81. The Labute approximate surface area is 205 Å².